The fourth-order valence-corrected chi connectivity index (χ4v) is 4.78. The number of methoxy groups -OCH3 is 1. The lowest BCUT2D eigenvalue weighted by Crippen LogP contribution is -2.39. The molecule has 8 heteroatoms. The molecule has 2 aromatic carbocycles. The molecule has 5 rings (SSSR count). The molecule has 2 aliphatic heterocycles. The summed E-state index contributed by atoms with van der Waals surface area (Å²) < 4.78 is 15.9. The molecule has 1 aliphatic carbocycles. The number of halogens is 1. The number of esters is 1. The molecule has 0 radical (unpaired) electrons. The van der Waals surface area contributed by atoms with Crippen LogP contribution in [0.2, 0.25) is 5.02 Å². The molecule has 0 saturated heterocycles. The van der Waals surface area contributed by atoms with Crippen LogP contribution < -0.4 is 20.1 Å². The number of ketones is 1. The lowest BCUT2D eigenvalue weighted by molar-refractivity contribution is -0.151. The van der Waals surface area contributed by atoms with Gasteiger partial charge in [0.05, 0.1) is 29.5 Å². The van der Waals surface area contributed by atoms with E-state index in [9.17, 15) is 9.59 Å². The normalized spacial score (nSPS) is 23.8. The Bertz CT molecular complexity index is 1130. The van der Waals surface area contributed by atoms with Crippen molar-refractivity contribution in [1.82, 2.24) is 0 Å². The zero-order chi connectivity index (χ0) is 21.7. The van der Waals surface area contributed by atoms with E-state index in [1.165, 1.54) is 7.11 Å². The van der Waals surface area contributed by atoms with E-state index in [0.717, 1.165) is 17.1 Å². The number of allylic oxidation sites excluding steroid dienone is 1. The number of nitrogens with one attached hydrogen (secondary N) is 2. The number of hydrogen-bond donors (Lipinski definition) is 2. The van der Waals surface area contributed by atoms with Crippen LogP contribution in [0.3, 0.4) is 0 Å². The second-order valence-corrected chi connectivity index (χ2v) is 8.32. The van der Waals surface area contributed by atoms with Crippen LogP contribution in [-0.2, 0) is 14.3 Å². The lowest BCUT2D eigenvalue weighted by Gasteiger charge is -2.32. The topological polar surface area (TPSA) is 85.9 Å². The summed E-state index contributed by atoms with van der Waals surface area (Å²) in [5.41, 5.74) is 3.60. The van der Waals surface area contributed by atoms with Crippen LogP contribution in [-0.4, -0.2) is 25.7 Å². The summed E-state index contributed by atoms with van der Waals surface area (Å²) in [7, 11) is 1.30. The Balaban J connectivity index is 1.69. The molecule has 2 aromatic rings. The highest BCUT2D eigenvalue weighted by Gasteiger charge is 2.44. The number of hydrogen-bond acceptors (Lipinski definition) is 7. The van der Waals surface area contributed by atoms with Crippen molar-refractivity contribution < 1.29 is 23.8 Å². The minimum absolute atomic E-state index is 0.117. The van der Waals surface area contributed by atoms with Crippen molar-refractivity contribution in [3.63, 3.8) is 0 Å². The van der Waals surface area contributed by atoms with Gasteiger partial charge in [0.1, 0.15) is 5.92 Å². The van der Waals surface area contributed by atoms with Gasteiger partial charge in [-0.05, 0) is 30.5 Å². The second kappa shape index (κ2) is 7.50. The quantitative estimate of drug-likeness (QED) is 0.532. The summed E-state index contributed by atoms with van der Waals surface area (Å²) in [5, 5.41) is 7.31. The number of ether oxygens (including phenoxy) is 3. The lowest BCUT2D eigenvalue weighted by atomic mass is 9.75. The average Bonchev–Trinajstić information content (AvgIpc) is 3.13. The number of para-hydroxylation sites is 2. The third-order valence-electron chi connectivity index (χ3n) is 6.03. The van der Waals surface area contributed by atoms with Crippen LogP contribution in [0.15, 0.2) is 47.7 Å². The van der Waals surface area contributed by atoms with E-state index in [2.05, 4.69) is 10.6 Å². The van der Waals surface area contributed by atoms with Gasteiger partial charge >= 0.3 is 5.97 Å². The minimum Gasteiger partial charge on any atom is -0.468 e. The first-order valence-electron chi connectivity index (χ1n) is 10.0. The van der Waals surface area contributed by atoms with E-state index in [1.807, 2.05) is 31.2 Å². The Labute approximate surface area is 184 Å². The van der Waals surface area contributed by atoms with Gasteiger partial charge in [-0.3, -0.25) is 9.59 Å². The van der Waals surface area contributed by atoms with Gasteiger partial charge in [0, 0.05) is 22.9 Å². The van der Waals surface area contributed by atoms with Crippen molar-refractivity contribution in [2.75, 3.05) is 24.5 Å². The highest BCUT2D eigenvalue weighted by Crippen LogP contribution is 2.47. The first-order valence-corrected chi connectivity index (χ1v) is 10.4. The number of carbonyl (C=O) groups excluding carboxylic acids is 2. The van der Waals surface area contributed by atoms with E-state index in [0.29, 0.717) is 34.1 Å². The van der Waals surface area contributed by atoms with Crippen molar-refractivity contribution in [1.29, 1.82) is 0 Å². The molecule has 0 unspecified atom stereocenters. The van der Waals surface area contributed by atoms with Crippen molar-refractivity contribution in [2.45, 2.75) is 19.4 Å². The monoisotopic (exact) mass is 440 g/mol. The molecule has 0 bridgehead atoms. The molecule has 0 aromatic heterocycles. The van der Waals surface area contributed by atoms with E-state index in [4.69, 9.17) is 25.8 Å². The van der Waals surface area contributed by atoms with Gasteiger partial charge in [-0.1, -0.05) is 30.7 Å². The van der Waals surface area contributed by atoms with Gasteiger partial charge in [0.25, 0.3) is 0 Å². The maximum atomic E-state index is 13.7. The van der Waals surface area contributed by atoms with Crippen LogP contribution in [0.5, 0.6) is 11.5 Å². The summed E-state index contributed by atoms with van der Waals surface area (Å²) >= 11 is 6.63. The fraction of sp³-hybridized carbons (Fsp3) is 0.304. The van der Waals surface area contributed by atoms with Crippen LogP contribution in [0.1, 0.15) is 24.9 Å². The smallest absolute Gasteiger partial charge is 0.316 e. The zero-order valence-corrected chi connectivity index (χ0v) is 17.8. The number of rotatable bonds is 2. The number of anilines is 2. The van der Waals surface area contributed by atoms with Crippen LogP contribution in [0, 0.1) is 11.8 Å². The third kappa shape index (κ3) is 3.20. The highest BCUT2D eigenvalue weighted by molar-refractivity contribution is 6.32. The maximum Gasteiger partial charge on any atom is 0.316 e. The van der Waals surface area contributed by atoms with E-state index in [1.54, 1.807) is 12.1 Å². The molecule has 2 N–H and O–H groups in total. The van der Waals surface area contributed by atoms with Crippen LogP contribution in [0.25, 0.3) is 0 Å². The second-order valence-electron chi connectivity index (χ2n) is 7.91. The first-order chi connectivity index (χ1) is 15.0. The SMILES string of the molecule is COC(=O)[C@@H]1C(=O)C2=C(C[C@@H]1C)Nc1ccccc1N[C@@H]2c1cc2c(cc1Cl)OCO2. The molecule has 0 fully saturated rings. The first kappa shape index (κ1) is 19.8. The fourth-order valence-electron chi connectivity index (χ4n) is 4.52. The van der Waals surface area contributed by atoms with E-state index < -0.39 is 17.9 Å². The average molecular weight is 441 g/mol. The van der Waals surface area contributed by atoms with Crippen molar-refractivity contribution in [3.8, 4) is 11.5 Å². The Morgan fingerprint density at radius 3 is 2.61 bits per heavy atom. The predicted octanol–water partition coefficient (Wildman–Crippen LogP) is 4.30. The molecule has 3 atom stereocenters. The summed E-state index contributed by atoms with van der Waals surface area (Å²) in [4.78, 5) is 26.1. The molecule has 31 heavy (non-hydrogen) atoms. The number of fused-ring (bicyclic) bond motifs is 2. The molecule has 160 valence electrons. The summed E-state index contributed by atoms with van der Waals surface area (Å²) in [6, 6.07) is 10.6. The standard InChI is InChI=1S/C23H21ClN2O5/c1-11-7-16-20(22(27)19(11)23(28)29-2)21(26-15-6-4-3-5-14(15)25-16)12-8-17-18(9-13(12)24)31-10-30-17/h3-6,8-9,11,19,21,25-26H,7,10H2,1-2H3/t11-,19-,21+/m0/s1. The number of benzene rings is 2. The minimum atomic E-state index is -0.871. The van der Waals surface area contributed by atoms with Crippen molar-refractivity contribution in [2.24, 2.45) is 11.8 Å². The number of Topliss-reactive ketones (excluding diaryl/α,β-unsaturated/α-hetero) is 1. The number of carbonyl (C=O) groups is 2. The Morgan fingerprint density at radius 2 is 1.87 bits per heavy atom. The van der Waals surface area contributed by atoms with Crippen LogP contribution >= 0.6 is 11.6 Å². The molecular weight excluding hydrogens is 420 g/mol. The largest absolute Gasteiger partial charge is 0.468 e. The molecule has 0 spiro atoms. The van der Waals surface area contributed by atoms with Crippen molar-refractivity contribution >= 4 is 34.7 Å². The Hall–Kier alpha value is -3.19. The Morgan fingerprint density at radius 1 is 1.16 bits per heavy atom. The molecule has 7 nitrogen and oxygen atoms in total. The molecule has 2 heterocycles. The molecule has 0 amide bonds. The summed E-state index contributed by atoms with van der Waals surface area (Å²) in [6.07, 6.45) is 0.523. The van der Waals surface area contributed by atoms with Gasteiger partial charge < -0.3 is 24.8 Å². The van der Waals surface area contributed by atoms with Crippen LogP contribution in [0.4, 0.5) is 11.4 Å². The third-order valence-corrected chi connectivity index (χ3v) is 6.35. The highest BCUT2D eigenvalue weighted by atomic mass is 35.5. The summed E-state index contributed by atoms with van der Waals surface area (Å²) in [5.74, 6) is -0.747. The van der Waals surface area contributed by atoms with Gasteiger partial charge in [-0.15, -0.1) is 0 Å². The van der Waals surface area contributed by atoms with E-state index >= 15 is 0 Å². The van der Waals surface area contributed by atoms with Gasteiger partial charge in [-0.25, -0.2) is 0 Å². The van der Waals surface area contributed by atoms with Crippen molar-refractivity contribution in [3.05, 3.63) is 58.3 Å². The predicted molar refractivity (Wildman–Crippen MR) is 115 cm³/mol. The maximum absolute atomic E-state index is 13.7. The van der Waals surface area contributed by atoms with Gasteiger partial charge in [0.15, 0.2) is 17.3 Å². The summed E-state index contributed by atoms with van der Waals surface area (Å²) in [6.45, 7) is 2.00. The Kier molecular flexibility index (Phi) is 4.78. The molecule has 3 aliphatic rings. The van der Waals surface area contributed by atoms with Gasteiger partial charge in [0.2, 0.25) is 6.79 Å². The molecular formula is C23H21ClN2O5. The van der Waals surface area contributed by atoms with E-state index in [-0.39, 0.29) is 18.5 Å². The van der Waals surface area contributed by atoms with Gasteiger partial charge in [-0.2, -0.15) is 0 Å². The molecule has 0 saturated carbocycles. The zero-order valence-electron chi connectivity index (χ0n) is 17.0.